The maximum absolute atomic E-state index is 13.1. The molecular formula is C21H23N3O2. The van der Waals surface area contributed by atoms with Gasteiger partial charge >= 0.3 is 0 Å². The van der Waals surface area contributed by atoms with E-state index in [0.29, 0.717) is 24.7 Å². The second-order valence-electron chi connectivity index (χ2n) is 7.96. The molecule has 2 aromatic rings. The van der Waals surface area contributed by atoms with Crippen molar-refractivity contribution in [3.05, 3.63) is 42.1 Å². The first kappa shape index (κ1) is 15.8. The molecular weight excluding hydrogens is 326 g/mol. The average molecular weight is 349 g/mol. The van der Waals surface area contributed by atoms with Crippen molar-refractivity contribution in [1.29, 1.82) is 0 Å². The highest BCUT2D eigenvalue weighted by molar-refractivity contribution is 5.95. The lowest BCUT2D eigenvalue weighted by Crippen LogP contribution is -2.48. The van der Waals surface area contributed by atoms with Crippen LogP contribution in [0.1, 0.15) is 36.2 Å². The summed E-state index contributed by atoms with van der Waals surface area (Å²) in [5, 5.41) is 1.03. The van der Waals surface area contributed by atoms with E-state index in [2.05, 4.69) is 9.88 Å². The van der Waals surface area contributed by atoms with Crippen molar-refractivity contribution in [2.75, 3.05) is 19.6 Å². The Labute approximate surface area is 153 Å². The van der Waals surface area contributed by atoms with Gasteiger partial charge in [0.25, 0.3) is 5.91 Å². The van der Waals surface area contributed by atoms with Crippen molar-refractivity contribution >= 4 is 22.7 Å². The molecule has 1 saturated carbocycles. The Morgan fingerprint density at radius 1 is 1.04 bits per heavy atom. The summed E-state index contributed by atoms with van der Waals surface area (Å²) >= 11 is 0. The zero-order chi connectivity index (χ0) is 17.7. The Bertz CT molecular complexity index is 876. The van der Waals surface area contributed by atoms with Crippen molar-refractivity contribution in [3.8, 4) is 0 Å². The molecule has 6 rings (SSSR count). The van der Waals surface area contributed by atoms with E-state index in [1.807, 2.05) is 35.2 Å². The Hall–Kier alpha value is -2.43. The normalized spacial score (nSPS) is 25.6. The van der Waals surface area contributed by atoms with E-state index in [1.165, 1.54) is 12.8 Å². The van der Waals surface area contributed by atoms with Gasteiger partial charge in [-0.1, -0.05) is 24.3 Å². The van der Waals surface area contributed by atoms with Crippen LogP contribution in [0.3, 0.4) is 0 Å². The monoisotopic (exact) mass is 349 g/mol. The number of hydrogen-bond acceptors (Lipinski definition) is 3. The van der Waals surface area contributed by atoms with E-state index in [4.69, 9.17) is 0 Å². The number of piperidine rings is 1. The highest BCUT2D eigenvalue weighted by Gasteiger charge is 2.43. The number of fused-ring (bicyclic) bond motifs is 5. The summed E-state index contributed by atoms with van der Waals surface area (Å²) in [6, 6.07) is 11.8. The molecule has 0 spiro atoms. The third-order valence-electron chi connectivity index (χ3n) is 6.05. The van der Waals surface area contributed by atoms with Crippen molar-refractivity contribution in [1.82, 2.24) is 14.8 Å². The molecule has 3 aliphatic heterocycles. The Morgan fingerprint density at radius 3 is 2.73 bits per heavy atom. The summed E-state index contributed by atoms with van der Waals surface area (Å²) in [4.78, 5) is 34.4. The maximum atomic E-state index is 13.1. The summed E-state index contributed by atoms with van der Waals surface area (Å²) in [5.41, 5.74) is 1.31. The van der Waals surface area contributed by atoms with Gasteiger partial charge in [0.15, 0.2) is 0 Å². The Kier molecular flexibility index (Phi) is 3.69. The van der Waals surface area contributed by atoms with Crippen LogP contribution in [0.5, 0.6) is 0 Å². The largest absolute Gasteiger partial charge is 0.337 e. The molecule has 4 fully saturated rings. The predicted molar refractivity (Wildman–Crippen MR) is 98.6 cm³/mol. The van der Waals surface area contributed by atoms with Crippen molar-refractivity contribution in [3.63, 3.8) is 0 Å². The van der Waals surface area contributed by atoms with Crippen LogP contribution in [-0.2, 0) is 4.79 Å². The van der Waals surface area contributed by atoms with Crippen LogP contribution >= 0.6 is 0 Å². The number of rotatable bonds is 3. The van der Waals surface area contributed by atoms with Gasteiger partial charge in [0.1, 0.15) is 5.69 Å². The maximum Gasteiger partial charge on any atom is 0.272 e. The fraction of sp³-hybridized carbons (Fsp3) is 0.476. The molecule has 4 heterocycles. The number of carbonyl (C=O) groups is 2. The molecule has 1 aliphatic carbocycles. The number of nitrogens with zero attached hydrogens (tertiary/aromatic N) is 3. The molecule has 2 bridgehead atoms. The number of carbonyl (C=O) groups excluding carboxylic acids is 2. The molecule has 4 aliphatic rings. The lowest BCUT2D eigenvalue weighted by molar-refractivity contribution is -0.140. The lowest BCUT2D eigenvalue weighted by Gasteiger charge is -2.36. The molecule has 0 N–H and O–H groups in total. The first-order valence-electron chi connectivity index (χ1n) is 9.64. The standard InChI is InChI=1S/C21H23N3O2/c25-20-16-7-9-17(24(20)11-14-5-6-14)13-23(12-16)21(26)19-10-8-15-3-1-2-4-18(15)22-19/h1-4,8,10,14,16-17H,5-7,9,11-13H2. The van der Waals surface area contributed by atoms with Crippen molar-refractivity contribution < 1.29 is 9.59 Å². The summed E-state index contributed by atoms with van der Waals surface area (Å²) in [5.74, 6) is 0.852. The van der Waals surface area contributed by atoms with Gasteiger partial charge in [0.05, 0.1) is 11.4 Å². The van der Waals surface area contributed by atoms with Crippen LogP contribution in [0.15, 0.2) is 36.4 Å². The minimum atomic E-state index is -0.0475. The lowest BCUT2D eigenvalue weighted by atomic mass is 9.94. The second kappa shape index (κ2) is 6.08. The number of benzene rings is 1. The highest BCUT2D eigenvalue weighted by atomic mass is 16.2. The van der Waals surface area contributed by atoms with Gasteiger partial charge < -0.3 is 9.80 Å². The minimum Gasteiger partial charge on any atom is -0.337 e. The SMILES string of the molecule is O=C(c1ccc2ccccc2n1)N1CC2CCC(C1)N(CC1CC1)C2=O. The van der Waals surface area contributed by atoms with Gasteiger partial charge in [0, 0.05) is 31.1 Å². The molecule has 2 atom stereocenters. The molecule has 5 heteroatoms. The Balaban J connectivity index is 1.40. The van der Waals surface area contributed by atoms with E-state index in [1.54, 1.807) is 6.07 Å². The number of pyridine rings is 1. The van der Waals surface area contributed by atoms with Gasteiger partial charge in [-0.05, 0) is 43.7 Å². The smallest absolute Gasteiger partial charge is 0.272 e. The van der Waals surface area contributed by atoms with E-state index in [9.17, 15) is 9.59 Å². The summed E-state index contributed by atoms with van der Waals surface area (Å²) in [6.07, 6.45) is 4.40. The average Bonchev–Trinajstić information content (AvgIpc) is 3.51. The van der Waals surface area contributed by atoms with Crippen LogP contribution in [0, 0.1) is 11.8 Å². The molecule has 5 nitrogen and oxygen atoms in total. The third kappa shape index (κ3) is 2.75. The molecule has 1 aromatic heterocycles. The van der Waals surface area contributed by atoms with Gasteiger partial charge in [-0.2, -0.15) is 0 Å². The van der Waals surface area contributed by atoms with E-state index in [0.717, 1.165) is 30.3 Å². The molecule has 0 radical (unpaired) electrons. The fourth-order valence-corrected chi connectivity index (χ4v) is 4.37. The number of amides is 2. The number of para-hydroxylation sites is 1. The Morgan fingerprint density at radius 2 is 1.88 bits per heavy atom. The first-order chi connectivity index (χ1) is 12.7. The third-order valence-corrected chi connectivity index (χ3v) is 6.05. The zero-order valence-corrected chi connectivity index (χ0v) is 14.8. The van der Waals surface area contributed by atoms with Crippen LogP contribution in [-0.4, -0.2) is 52.3 Å². The van der Waals surface area contributed by atoms with Crippen LogP contribution in [0.2, 0.25) is 0 Å². The van der Waals surface area contributed by atoms with Gasteiger partial charge in [-0.3, -0.25) is 9.59 Å². The molecule has 134 valence electrons. The summed E-state index contributed by atoms with van der Waals surface area (Å²) in [6.45, 7) is 2.06. The second-order valence-corrected chi connectivity index (χ2v) is 7.96. The topological polar surface area (TPSA) is 53.5 Å². The van der Waals surface area contributed by atoms with Crippen LogP contribution in [0.25, 0.3) is 10.9 Å². The molecule has 2 amide bonds. The molecule has 3 saturated heterocycles. The molecule has 1 aromatic carbocycles. The van der Waals surface area contributed by atoms with Gasteiger partial charge in [-0.15, -0.1) is 0 Å². The summed E-state index contributed by atoms with van der Waals surface area (Å²) in [7, 11) is 0. The quantitative estimate of drug-likeness (QED) is 0.856. The van der Waals surface area contributed by atoms with Crippen molar-refractivity contribution in [2.45, 2.75) is 31.7 Å². The number of aromatic nitrogens is 1. The first-order valence-corrected chi connectivity index (χ1v) is 9.64. The van der Waals surface area contributed by atoms with E-state index in [-0.39, 0.29) is 23.8 Å². The predicted octanol–water partition coefficient (Wildman–Crippen LogP) is 2.71. The molecule has 26 heavy (non-hydrogen) atoms. The zero-order valence-electron chi connectivity index (χ0n) is 14.8. The van der Waals surface area contributed by atoms with E-state index < -0.39 is 0 Å². The summed E-state index contributed by atoms with van der Waals surface area (Å²) < 4.78 is 0. The number of hydrogen-bond donors (Lipinski definition) is 0. The minimum absolute atomic E-state index is 0.0445. The molecule has 2 unspecified atom stereocenters. The van der Waals surface area contributed by atoms with Gasteiger partial charge in [-0.25, -0.2) is 4.98 Å². The van der Waals surface area contributed by atoms with Crippen molar-refractivity contribution in [2.24, 2.45) is 11.8 Å². The fourth-order valence-electron chi connectivity index (χ4n) is 4.37. The van der Waals surface area contributed by atoms with Crippen LogP contribution in [0.4, 0.5) is 0 Å². The van der Waals surface area contributed by atoms with Gasteiger partial charge in [0.2, 0.25) is 5.91 Å². The van der Waals surface area contributed by atoms with Crippen LogP contribution < -0.4 is 0 Å². The van der Waals surface area contributed by atoms with E-state index >= 15 is 0 Å². The highest BCUT2D eigenvalue weighted by Crippen LogP contribution is 2.35.